The van der Waals surface area contributed by atoms with E-state index in [9.17, 15) is 14.3 Å². The largest absolute Gasteiger partial charge is 0.318 e. The maximum atomic E-state index is 12.3. The maximum Gasteiger partial charge on any atom is 0.258 e. The Kier molecular flexibility index (Phi) is 6.20. The molecule has 3 heterocycles. The van der Waals surface area contributed by atoms with Crippen LogP contribution in [0, 0.1) is 11.3 Å². The second-order valence-corrected chi connectivity index (χ2v) is 10.0. The first-order valence-corrected chi connectivity index (χ1v) is 12.4. The molecule has 0 radical (unpaired) electrons. The molecule has 1 unspecified atom stereocenters. The molecule has 0 saturated heterocycles. The minimum Gasteiger partial charge on any atom is -0.318 e. The summed E-state index contributed by atoms with van der Waals surface area (Å²) in [4.78, 5) is 21.4. The number of unbranched alkanes of at least 4 members (excludes halogenated alkanes) is 1. The number of imidazole rings is 1. The first-order valence-electron chi connectivity index (χ1n) is 9.88. The van der Waals surface area contributed by atoms with Gasteiger partial charge >= 0.3 is 0 Å². The number of hydrogen-bond acceptors (Lipinski definition) is 6. The molecule has 1 aromatic carbocycles. The topological polar surface area (TPSA) is 93.0 Å². The van der Waals surface area contributed by atoms with Gasteiger partial charge in [0.25, 0.3) is 5.56 Å². The van der Waals surface area contributed by atoms with Crippen LogP contribution in [-0.4, -0.2) is 34.0 Å². The normalized spacial score (nSPS) is 12.3. The van der Waals surface area contributed by atoms with Gasteiger partial charge in [0.05, 0.1) is 5.08 Å². The molecule has 1 atom stereocenters. The van der Waals surface area contributed by atoms with E-state index in [2.05, 4.69) is 23.0 Å². The molecule has 0 fully saturated rings. The van der Waals surface area contributed by atoms with Gasteiger partial charge in [-0.05, 0) is 30.0 Å². The van der Waals surface area contributed by atoms with Gasteiger partial charge in [-0.3, -0.25) is 13.4 Å². The van der Waals surface area contributed by atoms with Crippen LogP contribution in [0.25, 0.3) is 27.7 Å². The van der Waals surface area contributed by atoms with Gasteiger partial charge < -0.3 is 4.57 Å². The van der Waals surface area contributed by atoms with Crippen molar-refractivity contribution in [3.05, 3.63) is 58.9 Å². The lowest BCUT2D eigenvalue weighted by atomic mass is 10.1. The van der Waals surface area contributed by atoms with Crippen LogP contribution in [0.5, 0.6) is 0 Å². The van der Waals surface area contributed by atoms with E-state index in [0.29, 0.717) is 32.6 Å². The number of nitrogens with zero attached hydrogens (tertiary/aromatic N) is 5. The summed E-state index contributed by atoms with van der Waals surface area (Å²) in [6, 6.07) is 9.55. The third-order valence-corrected chi connectivity index (χ3v) is 7.94. The molecule has 0 bridgehead atoms. The average Bonchev–Trinajstić information content (AvgIpc) is 3.27. The number of aromatic nitrogens is 4. The SMILES string of the molecule is CCCCS(=O)CSc1c(C#N)nc(-c2ccc3c(=O)n(C)ccc3c2)c2nccn12. The zero-order valence-corrected chi connectivity index (χ0v) is 18.9. The zero-order valence-electron chi connectivity index (χ0n) is 17.2. The Bertz CT molecular complexity index is 1400. The van der Waals surface area contributed by atoms with Crippen molar-refractivity contribution in [2.45, 2.75) is 24.8 Å². The lowest BCUT2D eigenvalue weighted by Crippen LogP contribution is -2.15. The van der Waals surface area contributed by atoms with E-state index in [1.807, 2.05) is 22.6 Å². The van der Waals surface area contributed by atoms with E-state index in [4.69, 9.17) is 0 Å². The third-order valence-electron chi connectivity index (χ3n) is 5.01. The predicted molar refractivity (Wildman–Crippen MR) is 125 cm³/mol. The summed E-state index contributed by atoms with van der Waals surface area (Å²) in [5.41, 5.74) is 2.16. The molecule has 0 amide bonds. The van der Waals surface area contributed by atoms with Crippen LogP contribution in [0.3, 0.4) is 0 Å². The van der Waals surface area contributed by atoms with Crippen LogP contribution in [0.15, 0.2) is 52.7 Å². The lowest BCUT2D eigenvalue weighted by molar-refractivity contribution is 0.682. The van der Waals surface area contributed by atoms with Crippen LogP contribution >= 0.6 is 11.8 Å². The Labute approximate surface area is 186 Å². The monoisotopic (exact) mass is 451 g/mol. The molecule has 31 heavy (non-hydrogen) atoms. The molecule has 3 aromatic heterocycles. The summed E-state index contributed by atoms with van der Waals surface area (Å²) in [7, 11) is 0.756. The molecule has 7 nitrogen and oxygen atoms in total. The molecular formula is C22H21N5O2S2. The smallest absolute Gasteiger partial charge is 0.258 e. The van der Waals surface area contributed by atoms with Crippen LogP contribution in [0.2, 0.25) is 0 Å². The Balaban J connectivity index is 1.78. The quantitative estimate of drug-likeness (QED) is 0.398. The maximum absolute atomic E-state index is 12.3. The summed E-state index contributed by atoms with van der Waals surface area (Å²) in [5, 5.41) is 12.2. The average molecular weight is 452 g/mol. The second-order valence-electron chi connectivity index (χ2n) is 7.14. The molecule has 4 rings (SSSR count). The highest BCUT2D eigenvalue weighted by Gasteiger charge is 2.18. The fourth-order valence-electron chi connectivity index (χ4n) is 3.35. The van der Waals surface area contributed by atoms with Crippen LogP contribution in [0.4, 0.5) is 0 Å². The minimum absolute atomic E-state index is 0.0662. The Morgan fingerprint density at radius 3 is 2.87 bits per heavy atom. The Morgan fingerprint density at radius 1 is 1.26 bits per heavy atom. The van der Waals surface area contributed by atoms with Gasteiger partial charge in [-0.25, -0.2) is 9.97 Å². The Morgan fingerprint density at radius 2 is 2.10 bits per heavy atom. The highest BCUT2D eigenvalue weighted by Crippen LogP contribution is 2.30. The van der Waals surface area contributed by atoms with E-state index in [0.717, 1.165) is 23.8 Å². The van der Waals surface area contributed by atoms with E-state index >= 15 is 0 Å². The van der Waals surface area contributed by atoms with E-state index in [-0.39, 0.29) is 11.3 Å². The van der Waals surface area contributed by atoms with Crippen LogP contribution in [0.1, 0.15) is 25.5 Å². The fourth-order valence-corrected chi connectivity index (χ4v) is 5.92. The van der Waals surface area contributed by atoms with Crippen molar-refractivity contribution in [2.24, 2.45) is 7.05 Å². The third kappa shape index (κ3) is 4.13. The molecule has 0 aliphatic heterocycles. The summed E-state index contributed by atoms with van der Waals surface area (Å²) in [5.74, 6) is 0.653. The number of pyridine rings is 1. The van der Waals surface area contributed by atoms with Crippen molar-refractivity contribution in [2.75, 3.05) is 10.8 Å². The van der Waals surface area contributed by atoms with E-state index in [1.54, 1.807) is 31.7 Å². The van der Waals surface area contributed by atoms with Crippen molar-refractivity contribution >= 4 is 39.0 Å². The van der Waals surface area contributed by atoms with Gasteiger partial charge in [0.15, 0.2) is 11.3 Å². The first-order chi connectivity index (χ1) is 15.0. The number of thioether (sulfide) groups is 1. The molecule has 158 valence electrons. The highest BCUT2D eigenvalue weighted by atomic mass is 32.2. The van der Waals surface area contributed by atoms with Gasteiger partial charge in [-0.15, -0.1) is 0 Å². The minimum atomic E-state index is -0.962. The van der Waals surface area contributed by atoms with Gasteiger partial charge in [-0.1, -0.05) is 31.2 Å². The van der Waals surface area contributed by atoms with Crippen molar-refractivity contribution in [3.8, 4) is 17.3 Å². The van der Waals surface area contributed by atoms with Gasteiger partial charge in [-0.2, -0.15) is 5.26 Å². The van der Waals surface area contributed by atoms with Crippen molar-refractivity contribution in [3.63, 3.8) is 0 Å². The molecular weight excluding hydrogens is 430 g/mol. The van der Waals surface area contributed by atoms with Gasteiger partial charge in [0, 0.05) is 53.1 Å². The van der Waals surface area contributed by atoms with Crippen LogP contribution in [-0.2, 0) is 17.8 Å². The van der Waals surface area contributed by atoms with Crippen LogP contribution < -0.4 is 5.56 Å². The molecule has 0 aliphatic rings. The van der Waals surface area contributed by atoms with Gasteiger partial charge in [0.2, 0.25) is 0 Å². The number of aryl methyl sites for hydroxylation is 1. The molecule has 0 aliphatic carbocycles. The van der Waals surface area contributed by atoms with Crippen molar-refractivity contribution < 1.29 is 4.21 Å². The number of nitriles is 1. The highest BCUT2D eigenvalue weighted by molar-refractivity contribution is 8.10. The van der Waals surface area contributed by atoms with E-state index < -0.39 is 10.8 Å². The number of rotatable bonds is 7. The standard InChI is InChI=1S/C22H21N5O2S2/c1-3-4-11-31(29)14-30-22-18(13-23)25-19(20-24-8-10-27(20)22)16-5-6-17-15(12-16)7-9-26(2)21(17)28/h5-10,12H,3-4,11,14H2,1-2H3. The van der Waals surface area contributed by atoms with Gasteiger partial charge in [0.1, 0.15) is 16.8 Å². The summed E-state index contributed by atoms with van der Waals surface area (Å²) >= 11 is 1.37. The predicted octanol–water partition coefficient (Wildman–Crippen LogP) is 3.72. The Hall–Kier alpha value is -2.96. The van der Waals surface area contributed by atoms with E-state index in [1.165, 1.54) is 16.3 Å². The molecule has 4 aromatic rings. The molecule has 9 heteroatoms. The molecule has 0 saturated carbocycles. The lowest BCUT2D eigenvalue weighted by Gasteiger charge is -2.11. The number of hydrogen-bond donors (Lipinski definition) is 0. The number of fused-ring (bicyclic) bond motifs is 2. The fraction of sp³-hybridized carbons (Fsp3) is 0.273. The molecule has 0 spiro atoms. The summed E-state index contributed by atoms with van der Waals surface area (Å²) in [6.45, 7) is 2.07. The number of benzene rings is 1. The zero-order chi connectivity index (χ0) is 22.0. The molecule has 0 N–H and O–H groups in total. The van der Waals surface area contributed by atoms with Crippen molar-refractivity contribution in [1.82, 2.24) is 18.9 Å². The first kappa shape index (κ1) is 21.3. The van der Waals surface area contributed by atoms with Crippen molar-refractivity contribution in [1.29, 1.82) is 5.26 Å². The summed E-state index contributed by atoms with van der Waals surface area (Å²) < 4.78 is 15.6. The summed E-state index contributed by atoms with van der Waals surface area (Å²) in [6.07, 6.45) is 7.10. The second kappa shape index (κ2) is 9.04.